The number of methoxy groups -OCH3 is 3. The van der Waals surface area contributed by atoms with Crippen LogP contribution in [0.3, 0.4) is 0 Å². The van der Waals surface area contributed by atoms with Crippen LogP contribution in [0.25, 0.3) is 0 Å². The van der Waals surface area contributed by atoms with Gasteiger partial charge in [0.05, 0.1) is 21.3 Å². The molecule has 160 valence electrons. The van der Waals surface area contributed by atoms with Crippen molar-refractivity contribution in [1.29, 1.82) is 0 Å². The van der Waals surface area contributed by atoms with Crippen molar-refractivity contribution in [2.24, 2.45) is 0 Å². The van der Waals surface area contributed by atoms with E-state index >= 15 is 0 Å². The average molecular weight is 422 g/mol. The zero-order chi connectivity index (χ0) is 22.2. The Kier molecular flexibility index (Phi) is 6.84. The Labute approximate surface area is 179 Å². The van der Waals surface area contributed by atoms with E-state index in [1.165, 1.54) is 19.5 Å². The average Bonchev–Trinajstić information content (AvgIpc) is 2.79. The summed E-state index contributed by atoms with van der Waals surface area (Å²) in [5, 5.41) is 8.86. The highest BCUT2D eigenvalue weighted by Crippen LogP contribution is 2.40. The van der Waals surface area contributed by atoms with Gasteiger partial charge in [-0.1, -0.05) is 6.58 Å². The summed E-state index contributed by atoms with van der Waals surface area (Å²) < 4.78 is 16.0. The zero-order valence-electron chi connectivity index (χ0n) is 17.3. The Morgan fingerprint density at radius 3 is 1.94 bits per heavy atom. The Hall–Kier alpha value is -4.34. The molecule has 0 unspecified atom stereocenters. The molecule has 0 spiro atoms. The van der Waals surface area contributed by atoms with Crippen LogP contribution in [0.1, 0.15) is 0 Å². The smallest absolute Gasteiger partial charge is 0.247 e. The fraction of sp³-hybridized carbons (Fsp3) is 0.143. The van der Waals surface area contributed by atoms with E-state index in [2.05, 4.69) is 37.5 Å². The standard InChI is InChI=1S/C21H22N6O4/c1-5-18(28)24-13-6-8-14(9-7-13)25-20-22-12-23-21(27-20)26-15-10-16(29-2)19(31-4)17(11-15)30-3/h5-12H,1H2,2-4H3,(H,24,28)(H2,22,23,25,26,27). The normalized spacial score (nSPS) is 10.0. The van der Waals surface area contributed by atoms with Gasteiger partial charge in [-0.15, -0.1) is 0 Å². The minimum absolute atomic E-state index is 0.277. The predicted octanol–water partition coefficient (Wildman–Crippen LogP) is 3.51. The molecule has 0 radical (unpaired) electrons. The van der Waals surface area contributed by atoms with E-state index in [4.69, 9.17) is 14.2 Å². The lowest BCUT2D eigenvalue weighted by Gasteiger charge is -2.14. The van der Waals surface area contributed by atoms with Crippen LogP contribution < -0.4 is 30.2 Å². The van der Waals surface area contributed by atoms with Crippen LogP contribution in [0.5, 0.6) is 17.2 Å². The molecule has 3 rings (SSSR count). The second-order valence-electron chi connectivity index (χ2n) is 6.07. The highest BCUT2D eigenvalue weighted by atomic mass is 16.5. The summed E-state index contributed by atoms with van der Waals surface area (Å²) in [5.41, 5.74) is 2.03. The Bertz CT molecular complexity index is 1050. The van der Waals surface area contributed by atoms with E-state index in [-0.39, 0.29) is 5.91 Å². The van der Waals surface area contributed by atoms with E-state index in [0.29, 0.717) is 40.5 Å². The second-order valence-corrected chi connectivity index (χ2v) is 6.07. The molecule has 0 aliphatic rings. The monoisotopic (exact) mass is 422 g/mol. The van der Waals surface area contributed by atoms with Gasteiger partial charge in [0.1, 0.15) is 6.33 Å². The molecule has 0 bridgehead atoms. The van der Waals surface area contributed by atoms with E-state index in [0.717, 1.165) is 5.69 Å². The van der Waals surface area contributed by atoms with Crippen LogP contribution in [0.15, 0.2) is 55.4 Å². The van der Waals surface area contributed by atoms with Crippen molar-refractivity contribution < 1.29 is 19.0 Å². The van der Waals surface area contributed by atoms with Gasteiger partial charge in [0.25, 0.3) is 0 Å². The Balaban J connectivity index is 1.75. The molecule has 0 aliphatic heterocycles. The Morgan fingerprint density at radius 1 is 0.871 bits per heavy atom. The maximum absolute atomic E-state index is 11.4. The van der Waals surface area contributed by atoms with Gasteiger partial charge in [-0.25, -0.2) is 9.97 Å². The first-order valence-corrected chi connectivity index (χ1v) is 9.13. The van der Waals surface area contributed by atoms with Crippen LogP contribution in [0, 0.1) is 0 Å². The van der Waals surface area contributed by atoms with Gasteiger partial charge in [0, 0.05) is 29.2 Å². The highest BCUT2D eigenvalue weighted by Gasteiger charge is 2.14. The molecule has 3 aromatic rings. The number of rotatable bonds is 9. The molecule has 0 saturated carbocycles. The number of carbonyl (C=O) groups is 1. The first-order valence-electron chi connectivity index (χ1n) is 9.13. The summed E-state index contributed by atoms with van der Waals surface area (Å²) in [4.78, 5) is 24.0. The number of nitrogens with zero attached hydrogens (tertiary/aromatic N) is 3. The number of nitrogens with one attached hydrogen (secondary N) is 3. The molecule has 1 heterocycles. The molecule has 1 aromatic heterocycles. The summed E-state index contributed by atoms with van der Waals surface area (Å²) in [7, 11) is 4.62. The molecule has 0 aliphatic carbocycles. The van der Waals surface area contributed by atoms with E-state index < -0.39 is 0 Å². The molecule has 2 aromatic carbocycles. The fourth-order valence-corrected chi connectivity index (χ4v) is 2.66. The quantitative estimate of drug-likeness (QED) is 0.445. The molecule has 0 fully saturated rings. The van der Waals surface area contributed by atoms with Crippen molar-refractivity contribution in [2.75, 3.05) is 37.3 Å². The number of hydrogen-bond acceptors (Lipinski definition) is 9. The first kappa shape index (κ1) is 21.4. The lowest BCUT2D eigenvalue weighted by atomic mass is 10.2. The van der Waals surface area contributed by atoms with Gasteiger partial charge < -0.3 is 30.2 Å². The number of amides is 1. The van der Waals surface area contributed by atoms with Gasteiger partial charge in [0.15, 0.2) is 11.5 Å². The molecule has 10 nitrogen and oxygen atoms in total. The summed E-state index contributed by atoms with van der Waals surface area (Å²) in [6.07, 6.45) is 2.59. The van der Waals surface area contributed by atoms with Crippen molar-refractivity contribution in [3.05, 3.63) is 55.4 Å². The first-order chi connectivity index (χ1) is 15.1. The van der Waals surface area contributed by atoms with E-state index in [9.17, 15) is 4.79 Å². The van der Waals surface area contributed by atoms with Gasteiger partial charge in [0.2, 0.25) is 23.6 Å². The highest BCUT2D eigenvalue weighted by molar-refractivity contribution is 5.98. The summed E-state index contributed by atoms with van der Waals surface area (Å²) in [6.45, 7) is 3.42. The minimum atomic E-state index is -0.277. The number of anilines is 5. The van der Waals surface area contributed by atoms with E-state index in [1.807, 2.05) is 0 Å². The third kappa shape index (κ3) is 5.38. The lowest BCUT2D eigenvalue weighted by molar-refractivity contribution is -0.111. The minimum Gasteiger partial charge on any atom is -0.493 e. The van der Waals surface area contributed by atoms with Crippen molar-refractivity contribution in [3.8, 4) is 17.2 Å². The van der Waals surface area contributed by atoms with Gasteiger partial charge >= 0.3 is 0 Å². The zero-order valence-corrected chi connectivity index (χ0v) is 17.3. The molecule has 0 saturated heterocycles. The van der Waals surface area contributed by atoms with Gasteiger partial charge in [-0.3, -0.25) is 4.79 Å². The van der Waals surface area contributed by atoms with Gasteiger partial charge in [-0.05, 0) is 30.3 Å². The summed E-state index contributed by atoms with van der Waals surface area (Å²) in [5.74, 6) is 1.87. The SMILES string of the molecule is C=CC(=O)Nc1ccc(Nc2ncnc(Nc3cc(OC)c(OC)c(OC)c3)n2)cc1. The molecular formula is C21H22N6O4. The molecule has 3 N–H and O–H groups in total. The number of carbonyl (C=O) groups excluding carboxylic acids is 1. The van der Waals surface area contributed by atoms with Crippen LogP contribution in [-0.2, 0) is 4.79 Å². The maximum Gasteiger partial charge on any atom is 0.247 e. The molecule has 0 atom stereocenters. The van der Waals surface area contributed by atoms with E-state index in [1.54, 1.807) is 50.6 Å². The van der Waals surface area contributed by atoms with Crippen LogP contribution >= 0.6 is 0 Å². The van der Waals surface area contributed by atoms with Crippen molar-refractivity contribution in [1.82, 2.24) is 15.0 Å². The Morgan fingerprint density at radius 2 is 1.42 bits per heavy atom. The fourth-order valence-electron chi connectivity index (χ4n) is 2.66. The summed E-state index contributed by atoms with van der Waals surface area (Å²) >= 11 is 0. The third-order valence-corrected chi connectivity index (χ3v) is 4.09. The van der Waals surface area contributed by atoms with Crippen molar-refractivity contribution >= 4 is 34.9 Å². The van der Waals surface area contributed by atoms with Crippen molar-refractivity contribution in [3.63, 3.8) is 0 Å². The predicted molar refractivity (Wildman–Crippen MR) is 118 cm³/mol. The molecular weight excluding hydrogens is 400 g/mol. The maximum atomic E-state index is 11.4. The van der Waals surface area contributed by atoms with Crippen LogP contribution in [-0.4, -0.2) is 42.2 Å². The molecule has 1 amide bonds. The largest absolute Gasteiger partial charge is 0.493 e. The third-order valence-electron chi connectivity index (χ3n) is 4.09. The number of ether oxygens (including phenoxy) is 3. The van der Waals surface area contributed by atoms with Crippen LogP contribution in [0.4, 0.5) is 29.0 Å². The number of hydrogen-bond donors (Lipinski definition) is 3. The summed E-state index contributed by atoms with van der Waals surface area (Å²) in [6, 6.07) is 10.6. The van der Waals surface area contributed by atoms with Crippen molar-refractivity contribution in [2.45, 2.75) is 0 Å². The topological polar surface area (TPSA) is 120 Å². The number of benzene rings is 2. The lowest BCUT2D eigenvalue weighted by Crippen LogP contribution is -2.07. The number of aromatic nitrogens is 3. The molecule has 31 heavy (non-hydrogen) atoms. The second kappa shape index (κ2) is 9.92. The van der Waals surface area contributed by atoms with Gasteiger partial charge in [-0.2, -0.15) is 4.98 Å². The molecule has 10 heteroatoms. The van der Waals surface area contributed by atoms with Crippen LogP contribution in [0.2, 0.25) is 0 Å².